The quantitative estimate of drug-likeness (QED) is 0.473. The van der Waals surface area contributed by atoms with Crippen molar-refractivity contribution >= 4 is 35.3 Å². The Labute approximate surface area is 218 Å². The number of rotatable bonds is 6. The summed E-state index contributed by atoms with van der Waals surface area (Å²) in [6.07, 6.45) is 8.07. The van der Waals surface area contributed by atoms with Crippen molar-refractivity contribution in [1.82, 2.24) is 25.2 Å². The molecule has 2 amide bonds. The molecule has 1 unspecified atom stereocenters. The van der Waals surface area contributed by atoms with Crippen LogP contribution in [0.1, 0.15) is 21.5 Å². The maximum absolute atomic E-state index is 12.6. The highest BCUT2D eigenvalue weighted by Gasteiger charge is 2.27. The third-order valence-electron chi connectivity index (χ3n) is 6.05. The highest BCUT2D eigenvalue weighted by atomic mass is 35.5. The number of carbonyl (C=O) groups is 2. The topological polar surface area (TPSA) is 133 Å². The molecule has 0 spiro atoms. The second kappa shape index (κ2) is 10.9. The number of aromatic nitrogens is 3. The summed E-state index contributed by atoms with van der Waals surface area (Å²) in [5, 5.41) is 3.28. The Morgan fingerprint density at radius 1 is 1.14 bits per heavy atom. The molecule has 0 saturated carbocycles. The van der Waals surface area contributed by atoms with Gasteiger partial charge in [0.2, 0.25) is 5.91 Å². The number of halogens is 1. The van der Waals surface area contributed by atoms with E-state index in [9.17, 15) is 9.59 Å². The molecule has 5 rings (SSSR count). The fourth-order valence-electron chi connectivity index (χ4n) is 4.13. The number of nitrogens with one attached hydrogen (secondary N) is 1. The third-order valence-corrected chi connectivity index (χ3v) is 6.33. The fourth-order valence-corrected chi connectivity index (χ4v) is 4.41. The van der Waals surface area contributed by atoms with Gasteiger partial charge in [-0.3, -0.25) is 9.59 Å². The number of carbonyl (C=O) groups excluding carboxylic acids is 2. The van der Waals surface area contributed by atoms with Crippen molar-refractivity contribution in [2.24, 2.45) is 0 Å². The molecule has 2 aliphatic heterocycles. The lowest BCUT2D eigenvalue weighted by atomic mass is 10.1. The number of hydrogen-bond acceptors (Lipinski definition) is 8. The molecule has 4 heterocycles. The predicted octanol–water partition coefficient (Wildman–Crippen LogP) is 2.38. The third kappa shape index (κ3) is 5.87. The molecule has 11 heteroatoms. The molecule has 0 radical (unpaired) electrons. The summed E-state index contributed by atoms with van der Waals surface area (Å²) in [5.74, 6) is 1.11. The first-order chi connectivity index (χ1) is 18.0. The Morgan fingerprint density at radius 2 is 1.92 bits per heavy atom. The van der Waals surface area contributed by atoms with E-state index in [-0.39, 0.29) is 17.9 Å². The number of nitrogens with two attached hydrogens (primary N) is 1. The molecule has 10 nitrogen and oxygen atoms in total. The van der Waals surface area contributed by atoms with Crippen molar-refractivity contribution in [3.8, 4) is 17.1 Å². The van der Waals surface area contributed by atoms with E-state index in [1.54, 1.807) is 35.4 Å². The van der Waals surface area contributed by atoms with Gasteiger partial charge in [0, 0.05) is 55.3 Å². The van der Waals surface area contributed by atoms with E-state index in [0.29, 0.717) is 67.2 Å². The van der Waals surface area contributed by atoms with Gasteiger partial charge >= 0.3 is 0 Å². The summed E-state index contributed by atoms with van der Waals surface area (Å²) in [6, 6.07) is 7.12. The second-order valence-corrected chi connectivity index (χ2v) is 9.09. The van der Waals surface area contributed by atoms with E-state index in [1.165, 1.54) is 18.5 Å². The van der Waals surface area contributed by atoms with Gasteiger partial charge in [-0.05, 0) is 35.9 Å². The van der Waals surface area contributed by atoms with E-state index in [0.717, 1.165) is 16.7 Å². The van der Waals surface area contributed by atoms with Crippen LogP contribution in [0.15, 0.2) is 48.9 Å². The molecule has 3 aromatic rings. The van der Waals surface area contributed by atoms with Gasteiger partial charge in [0.15, 0.2) is 5.82 Å². The number of nitrogen functional groups attached to an aromatic ring is 1. The molecule has 2 aromatic heterocycles. The number of pyridine rings is 1. The van der Waals surface area contributed by atoms with E-state index in [1.807, 2.05) is 6.07 Å². The molecule has 37 heavy (non-hydrogen) atoms. The molecular formula is C26H25ClN6O4. The van der Waals surface area contributed by atoms with Crippen molar-refractivity contribution in [2.45, 2.75) is 12.5 Å². The summed E-state index contributed by atoms with van der Waals surface area (Å²) in [7, 11) is 0. The molecule has 1 aromatic carbocycles. The number of fused-ring (bicyclic) bond motifs is 1. The maximum atomic E-state index is 12.6. The van der Waals surface area contributed by atoms with E-state index >= 15 is 0 Å². The Bertz CT molecular complexity index is 1320. The molecule has 190 valence electrons. The number of benzene rings is 1. The van der Waals surface area contributed by atoms with Gasteiger partial charge in [0.05, 0.1) is 30.3 Å². The predicted molar refractivity (Wildman–Crippen MR) is 138 cm³/mol. The van der Waals surface area contributed by atoms with Crippen LogP contribution < -0.4 is 15.8 Å². The minimum Gasteiger partial charge on any atom is -0.486 e. The van der Waals surface area contributed by atoms with Gasteiger partial charge < -0.3 is 25.4 Å². The van der Waals surface area contributed by atoms with E-state index in [2.05, 4.69) is 20.3 Å². The van der Waals surface area contributed by atoms with Gasteiger partial charge in [0.1, 0.15) is 17.7 Å². The van der Waals surface area contributed by atoms with Crippen LogP contribution in [-0.4, -0.2) is 70.6 Å². The minimum atomic E-state index is -0.257. The molecule has 0 aliphatic carbocycles. The first kappa shape index (κ1) is 24.7. The smallest absolute Gasteiger partial charge is 0.257 e. The van der Waals surface area contributed by atoms with Crippen molar-refractivity contribution in [1.29, 1.82) is 0 Å². The number of hydrogen-bond donors (Lipinski definition) is 2. The first-order valence-electron chi connectivity index (χ1n) is 11.8. The van der Waals surface area contributed by atoms with E-state index < -0.39 is 0 Å². The molecule has 0 bridgehead atoms. The number of amides is 2. The fraction of sp³-hybridized carbons (Fsp3) is 0.269. The number of ether oxygens (including phenoxy) is 2. The van der Waals surface area contributed by atoms with Crippen LogP contribution in [0.2, 0.25) is 5.02 Å². The number of morpholine rings is 1. The van der Waals surface area contributed by atoms with Gasteiger partial charge in [-0.25, -0.2) is 15.0 Å². The molecule has 3 N–H and O–H groups in total. The Balaban J connectivity index is 1.19. The highest BCUT2D eigenvalue weighted by molar-refractivity contribution is 6.32. The summed E-state index contributed by atoms with van der Waals surface area (Å²) in [6.45, 7) is 2.49. The van der Waals surface area contributed by atoms with Gasteiger partial charge in [-0.2, -0.15) is 0 Å². The van der Waals surface area contributed by atoms with Crippen LogP contribution in [0.5, 0.6) is 5.75 Å². The summed E-state index contributed by atoms with van der Waals surface area (Å²) in [5.41, 5.74) is 8.40. The van der Waals surface area contributed by atoms with Crippen LogP contribution in [0, 0.1) is 0 Å². The largest absolute Gasteiger partial charge is 0.486 e. The average molecular weight is 521 g/mol. The van der Waals surface area contributed by atoms with Crippen LogP contribution >= 0.6 is 11.6 Å². The normalized spacial score (nSPS) is 16.9. The standard InChI is InChI=1S/C26H25ClN6O4/c27-21-11-18(25-31-13-19(14-32-25)26(35)33-5-7-36-8-6-33)9-17-10-20(37-24(17)21)15-30-23(34)4-2-16-1-3-22(28)29-12-16/h1-4,9,11-14,20H,5-8,10,15H2,(H2,28,29)(H,30,34). The monoisotopic (exact) mass is 520 g/mol. The highest BCUT2D eigenvalue weighted by Crippen LogP contribution is 2.39. The van der Waals surface area contributed by atoms with Crippen molar-refractivity contribution in [3.05, 3.63) is 70.6 Å². The minimum absolute atomic E-state index is 0.111. The Kier molecular flexibility index (Phi) is 7.29. The lowest BCUT2D eigenvalue weighted by Gasteiger charge is -2.26. The summed E-state index contributed by atoms with van der Waals surface area (Å²) in [4.78, 5) is 39.4. The lowest BCUT2D eigenvalue weighted by Crippen LogP contribution is -2.40. The van der Waals surface area contributed by atoms with Crippen molar-refractivity contribution < 1.29 is 19.1 Å². The van der Waals surface area contributed by atoms with E-state index in [4.69, 9.17) is 26.8 Å². The van der Waals surface area contributed by atoms with Crippen molar-refractivity contribution in [2.75, 3.05) is 38.6 Å². The number of anilines is 1. The maximum Gasteiger partial charge on any atom is 0.257 e. The molecule has 1 fully saturated rings. The lowest BCUT2D eigenvalue weighted by molar-refractivity contribution is -0.116. The van der Waals surface area contributed by atoms with Crippen molar-refractivity contribution in [3.63, 3.8) is 0 Å². The first-order valence-corrected chi connectivity index (χ1v) is 12.2. The molecule has 1 atom stereocenters. The van der Waals surface area contributed by atoms with Crippen LogP contribution in [0.25, 0.3) is 17.5 Å². The van der Waals surface area contributed by atoms with Crippen LogP contribution in [0.4, 0.5) is 5.82 Å². The van der Waals surface area contributed by atoms with Crippen LogP contribution in [0.3, 0.4) is 0 Å². The summed E-state index contributed by atoms with van der Waals surface area (Å²) >= 11 is 6.50. The molecule has 1 saturated heterocycles. The average Bonchev–Trinajstić information content (AvgIpc) is 3.35. The SMILES string of the molecule is Nc1ccc(C=CC(=O)NCC2Cc3cc(-c4ncc(C(=O)N5CCOCC5)cn4)cc(Cl)c3O2)cn1. The molecular weight excluding hydrogens is 496 g/mol. The second-order valence-electron chi connectivity index (χ2n) is 8.69. The Hall–Kier alpha value is -4.02. The van der Waals surface area contributed by atoms with Gasteiger partial charge in [0.25, 0.3) is 5.91 Å². The van der Waals surface area contributed by atoms with Gasteiger partial charge in [-0.1, -0.05) is 11.6 Å². The molecule has 2 aliphatic rings. The Morgan fingerprint density at radius 3 is 2.65 bits per heavy atom. The van der Waals surface area contributed by atoms with Crippen LogP contribution in [-0.2, 0) is 16.0 Å². The van der Waals surface area contributed by atoms with Gasteiger partial charge in [-0.15, -0.1) is 0 Å². The zero-order valence-corrected chi connectivity index (χ0v) is 20.6. The zero-order valence-electron chi connectivity index (χ0n) is 19.9. The zero-order chi connectivity index (χ0) is 25.8. The number of nitrogens with zero attached hydrogens (tertiary/aromatic N) is 4. The summed E-state index contributed by atoms with van der Waals surface area (Å²) < 4.78 is 11.3.